The van der Waals surface area contributed by atoms with Crippen molar-refractivity contribution in [1.82, 2.24) is 15.5 Å². The Hall–Kier alpha value is -1.79. The molecule has 1 aromatic rings. The number of benzene rings is 1. The van der Waals surface area contributed by atoms with E-state index in [9.17, 15) is 0 Å². The molecule has 2 rings (SSSR count). The summed E-state index contributed by atoms with van der Waals surface area (Å²) in [5.41, 5.74) is 1.34. The topological polar surface area (TPSA) is 58.1 Å². The molecule has 0 aromatic heterocycles. The molecule has 152 valence electrons. The minimum absolute atomic E-state index is 0.221. The van der Waals surface area contributed by atoms with Crippen molar-refractivity contribution in [3.05, 3.63) is 29.8 Å². The monoisotopic (exact) mass is 376 g/mol. The molecule has 6 heteroatoms. The van der Waals surface area contributed by atoms with Crippen molar-refractivity contribution in [2.24, 2.45) is 10.9 Å². The summed E-state index contributed by atoms with van der Waals surface area (Å²) in [6, 6.07) is 9.08. The molecule has 0 amide bonds. The molecule has 3 atom stereocenters. The van der Waals surface area contributed by atoms with Crippen molar-refractivity contribution < 1.29 is 9.47 Å². The Morgan fingerprint density at radius 1 is 1.30 bits per heavy atom. The highest BCUT2D eigenvalue weighted by Crippen LogP contribution is 2.35. The number of methoxy groups -OCH3 is 2. The van der Waals surface area contributed by atoms with Crippen molar-refractivity contribution in [3.63, 3.8) is 0 Å². The molecule has 27 heavy (non-hydrogen) atoms. The lowest BCUT2D eigenvalue weighted by molar-refractivity contribution is 0.125. The zero-order valence-corrected chi connectivity index (χ0v) is 17.5. The zero-order valence-electron chi connectivity index (χ0n) is 17.5. The minimum atomic E-state index is 0.221. The molecule has 0 aliphatic carbocycles. The van der Waals surface area contributed by atoms with Gasteiger partial charge in [-0.25, -0.2) is 0 Å². The van der Waals surface area contributed by atoms with E-state index >= 15 is 0 Å². The first-order valence-electron chi connectivity index (χ1n) is 9.97. The molecule has 2 N–H and O–H groups in total. The Bertz CT molecular complexity index is 576. The molecule has 1 heterocycles. The van der Waals surface area contributed by atoms with Crippen molar-refractivity contribution in [2.75, 3.05) is 47.5 Å². The van der Waals surface area contributed by atoms with E-state index in [1.54, 1.807) is 14.2 Å². The van der Waals surface area contributed by atoms with Gasteiger partial charge in [-0.15, -0.1) is 0 Å². The van der Waals surface area contributed by atoms with Gasteiger partial charge in [0.05, 0.1) is 13.7 Å². The maximum absolute atomic E-state index is 5.31. The number of likely N-dealkylation sites (tertiary alicyclic amines) is 1. The molecule has 1 aromatic carbocycles. The molecule has 1 fully saturated rings. The molecule has 0 spiro atoms. The van der Waals surface area contributed by atoms with Crippen LogP contribution in [0.2, 0.25) is 0 Å². The Balaban J connectivity index is 2.11. The maximum Gasteiger partial charge on any atom is 0.191 e. The van der Waals surface area contributed by atoms with E-state index in [-0.39, 0.29) is 6.04 Å². The minimum Gasteiger partial charge on any atom is -0.497 e. The second-order valence-corrected chi connectivity index (χ2v) is 7.32. The number of aliphatic imine (C=N–C) groups is 1. The van der Waals surface area contributed by atoms with Crippen LogP contribution in [0.25, 0.3) is 0 Å². The van der Waals surface area contributed by atoms with E-state index in [2.05, 4.69) is 60.7 Å². The Morgan fingerprint density at radius 2 is 2.04 bits per heavy atom. The van der Waals surface area contributed by atoms with Gasteiger partial charge in [-0.3, -0.25) is 9.89 Å². The third-order valence-corrected chi connectivity index (χ3v) is 5.09. The second kappa shape index (κ2) is 11.1. The van der Waals surface area contributed by atoms with Crippen LogP contribution in [0.1, 0.15) is 38.3 Å². The summed E-state index contributed by atoms with van der Waals surface area (Å²) in [7, 11) is 5.65. The summed E-state index contributed by atoms with van der Waals surface area (Å²) in [6.45, 7) is 7.62. The molecule has 1 saturated heterocycles. The number of guanidine groups is 1. The van der Waals surface area contributed by atoms with E-state index in [4.69, 9.17) is 14.5 Å². The van der Waals surface area contributed by atoms with Crippen molar-refractivity contribution in [2.45, 2.75) is 38.8 Å². The molecule has 3 unspecified atom stereocenters. The predicted octanol–water partition coefficient (Wildman–Crippen LogP) is 2.67. The third kappa shape index (κ3) is 6.40. The molecular weight excluding hydrogens is 340 g/mol. The van der Waals surface area contributed by atoms with Gasteiger partial charge in [0.2, 0.25) is 0 Å². The summed E-state index contributed by atoms with van der Waals surface area (Å²) in [4.78, 5) is 7.35. The summed E-state index contributed by atoms with van der Waals surface area (Å²) in [6.07, 6.45) is 2.41. The Morgan fingerprint density at radius 3 is 2.67 bits per heavy atom. The average molecular weight is 377 g/mol. The molecule has 0 bridgehead atoms. The highest BCUT2D eigenvalue weighted by molar-refractivity contribution is 5.80. The molecular formula is C21H36N4O2. The molecule has 6 nitrogen and oxygen atoms in total. The normalized spacial score (nSPS) is 22.3. The fourth-order valence-corrected chi connectivity index (χ4v) is 3.83. The van der Waals surface area contributed by atoms with Crippen molar-refractivity contribution >= 4 is 5.96 Å². The third-order valence-electron chi connectivity index (χ3n) is 5.09. The van der Waals surface area contributed by atoms with E-state index in [0.29, 0.717) is 18.6 Å². The summed E-state index contributed by atoms with van der Waals surface area (Å²) in [5, 5.41) is 6.77. The van der Waals surface area contributed by atoms with Crippen molar-refractivity contribution in [3.8, 4) is 5.75 Å². The highest BCUT2D eigenvalue weighted by Gasteiger charge is 2.30. The zero-order chi connectivity index (χ0) is 19.6. The van der Waals surface area contributed by atoms with Crippen LogP contribution in [-0.2, 0) is 4.74 Å². The fraction of sp³-hybridized carbons (Fsp3) is 0.667. The lowest BCUT2D eigenvalue weighted by atomic mass is 9.85. The number of nitrogens with zero attached hydrogens (tertiary/aromatic N) is 2. The van der Waals surface area contributed by atoms with Gasteiger partial charge in [0.15, 0.2) is 5.96 Å². The average Bonchev–Trinajstić information content (AvgIpc) is 2.66. The largest absolute Gasteiger partial charge is 0.497 e. The summed E-state index contributed by atoms with van der Waals surface area (Å²) >= 11 is 0. The molecule has 0 radical (unpaired) electrons. The lowest BCUT2D eigenvalue weighted by Gasteiger charge is -2.39. The number of rotatable bonds is 8. The quantitative estimate of drug-likeness (QED) is 0.540. The lowest BCUT2D eigenvalue weighted by Crippen LogP contribution is -2.44. The van der Waals surface area contributed by atoms with Crippen LogP contribution in [0.3, 0.4) is 0 Å². The van der Waals surface area contributed by atoms with Crippen LogP contribution in [0.4, 0.5) is 0 Å². The number of nitrogens with one attached hydrogen (secondary N) is 2. The van der Waals surface area contributed by atoms with Gasteiger partial charge in [-0.05, 0) is 63.9 Å². The first-order chi connectivity index (χ1) is 13.1. The molecule has 1 aliphatic rings. The van der Waals surface area contributed by atoms with E-state index in [1.165, 1.54) is 18.4 Å². The van der Waals surface area contributed by atoms with Crippen molar-refractivity contribution in [1.29, 1.82) is 0 Å². The van der Waals surface area contributed by atoms with Gasteiger partial charge in [0, 0.05) is 32.3 Å². The first-order valence-corrected chi connectivity index (χ1v) is 9.97. The van der Waals surface area contributed by atoms with Crippen LogP contribution in [0.15, 0.2) is 29.3 Å². The standard InChI is InChI=1S/C21H36N4O2/c1-6-22-21(24-16(2)15-26-4)23-14-18-8-7-13-25(3)20(18)17-9-11-19(27-5)12-10-17/h9-12,16,18,20H,6-8,13-15H2,1-5H3,(H2,22,23,24). The van der Waals surface area contributed by atoms with E-state index in [0.717, 1.165) is 31.3 Å². The van der Waals surface area contributed by atoms with E-state index in [1.807, 2.05) is 0 Å². The Labute approximate surface area is 164 Å². The van der Waals surface area contributed by atoms with Gasteiger partial charge in [-0.1, -0.05) is 12.1 Å². The molecule has 0 saturated carbocycles. The SMILES string of the molecule is CCNC(=NCC1CCCN(C)C1c1ccc(OC)cc1)NC(C)COC. The van der Waals surface area contributed by atoms with Crippen LogP contribution >= 0.6 is 0 Å². The predicted molar refractivity (Wildman–Crippen MR) is 112 cm³/mol. The second-order valence-electron chi connectivity index (χ2n) is 7.32. The fourth-order valence-electron chi connectivity index (χ4n) is 3.83. The van der Waals surface area contributed by atoms with Gasteiger partial charge in [-0.2, -0.15) is 0 Å². The number of hydrogen-bond donors (Lipinski definition) is 2. The van der Waals surface area contributed by atoms with Crippen LogP contribution in [0, 0.1) is 5.92 Å². The first kappa shape index (κ1) is 21.5. The number of piperidine rings is 1. The van der Waals surface area contributed by atoms with Gasteiger partial charge in [0.25, 0.3) is 0 Å². The van der Waals surface area contributed by atoms with Gasteiger partial charge >= 0.3 is 0 Å². The van der Waals surface area contributed by atoms with Gasteiger partial charge in [0.1, 0.15) is 5.75 Å². The van der Waals surface area contributed by atoms with Gasteiger partial charge < -0.3 is 20.1 Å². The number of ether oxygens (including phenoxy) is 2. The maximum atomic E-state index is 5.31. The van der Waals surface area contributed by atoms with Crippen LogP contribution in [-0.4, -0.2) is 64.4 Å². The summed E-state index contributed by atoms with van der Waals surface area (Å²) in [5.74, 6) is 2.26. The smallest absolute Gasteiger partial charge is 0.191 e. The van der Waals surface area contributed by atoms with Crippen LogP contribution in [0.5, 0.6) is 5.75 Å². The molecule has 1 aliphatic heterocycles. The summed E-state index contributed by atoms with van der Waals surface area (Å²) < 4.78 is 10.5. The number of hydrogen-bond acceptors (Lipinski definition) is 4. The van der Waals surface area contributed by atoms with Crippen LogP contribution < -0.4 is 15.4 Å². The Kier molecular flexibility index (Phi) is 8.88. The highest BCUT2D eigenvalue weighted by atomic mass is 16.5. The van der Waals surface area contributed by atoms with E-state index < -0.39 is 0 Å².